The topological polar surface area (TPSA) is 98.9 Å². The van der Waals surface area contributed by atoms with Gasteiger partial charge in [-0.3, -0.25) is 9.36 Å². The third-order valence-corrected chi connectivity index (χ3v) is 5.96. The number of rotatable bonds is 4. The Hall–Kier alpha value is -3.06. The summed E-state index contributed by atoms with van der Waals surface area (Å²) in [6.45, 7) is 10.6. The van der Waals surface area contributed by atoms with Crippen molar-refractivity contribution in [3.8, 4) is 5.75 Å². The van der Waals surface area contributed by atoms with E-state index in [1.165, 1.54) is 4.57 Å². The van der Waals surface area contributed by atoms with Crippen LogP contribution >= 0.6 is 0 Å². The van der Waals surface area contributed by atoms with Gasteiger partial charge in [-0.15, -0.1) is 0 Å². The van der Waals surface area contributed by atoms with Gasteiger partial charge in [-0.05, 0) is 26.5 Å². The van der Waals surface area contributed by atoms with E-state index in [1.807, 2.05) is 11.9 Å². The minimum absolute atomic E-state index is 0.0148. The summed E-state index contributed by atoms with van der Waals surface area (Å²) < 4.78 is 23.0. The Bertz CT molecular complexity index is 1130. The van der Waals surface area contributed by atoms with E-state index in [4.69, 9.17) is 17.2 Å². The van der Waals surface area contributed by atoms with E-state index in [9.17, 15) is 9.59 Å². The number of nitrogen functional groups attached to an aromatic ring is 1. The summed E-state index contributed by atoms with van der Waals surface area (Å²) in [6.07, 6.45) is 0.797. The van der Waals surface area contributed by atoms with Crippen molar-refractivity contribution in [2.45, 2.75) is 25.4 Å². The van der Waals surface area contributed by atoms with Gasteiger partial charge in [0.2, 0.25) is 6.54 Å². The number of hydrogen-bond donors (Lipinski definition) is 2. The van der Waals surface area contributed by atoms with E-state index in [-0.39, 0.29) is 46.9 Å². The van der Waals surface area contributed by atoms with Gasteiger partial charge in [0.25, 0.3) is 5.56 Å². The summed E-state index contributed by atoms with van der Waals surface area (Å²) in [7, 11) is 1.82. The van der Waals surface area contributed by atoms with Gasteiger partial charge in [0.1, 0.15) is 17.8 Å². The average molecular weight is 402 g/mol. The van der Waals surface area contributed by atoms with E-state index in [0.717, 1.165) is 12.5 Å². The Balaban J connectivity index is 1.87. The van der Waals surface area contributed by atoms with Crippen molar-refractivity contribution < 1.29 is 9.13 Å². The molecule has 0 saturated carbocycles. The minimum Gasteiger partial charge on any atom is -0.487 e. The third-order valence-electron chi connectivity index (χ3n) is 5.96. The molecule has 1 fully saturated rings. The molecular formula is C19H23FN6O3. The molecule has 10 heteroatoms. The highest BCUT2D eigenvalue weighted by Crippen LogP contribution is 2.42. The number of nitrogens with zero attached hydrogens (tertiary/aromatic N) is 4. The molecule has 3 heterocycles. The second kappa shape index (κ2) is 7.08. The van der Waals surface area contributed by atoms with Gasteiger partial charge in [-0.2, -0.15) is 4.68 Å². The fourth-order valence-electron chi connectivity index (χ4n) is 4.45. The molecule has 1 saturated heterocycles. The van der Waals surface area contributed by atoms with Crippen molar-refractivity contribution in [1.82, 2.24) is 14.6 Å². The standard InChI is InChI=1S/C19H23FN6O3/c1-10-9-29-17-15-12(18(27)26(21)19(28)25(10)15)6-13(20)16(17)24-5-4-11(8-24)14(23-3)7-22-2/h6,10-11,14,23H,4-5,7-9,21H2,1,3H3/t10-,11?,14?/m0/s1. The van der Waals surface area contributed by atoms with Crippen LogP contribution in [0.1, 0.15) is 19.4 Å². The first-order valence-electron chi connectivity index (χ1n) is 9.56. The van der Waals surface area contributed by atoms with Crippen LogP contribution in [0.3, 0.4) is 0 Å². The SMILES string of the molecule is [C-]#[N+]CC(NC)C1CCN(c2c(F)cc3c(=O)n(N)c(=O)n4c3c2OC[C@@H]4C)C1. The van der Waals surface area contributed by atoms with Crippen LogP contribution in [-0.2, 0) is 0 Å². The van der Waals surface area contributed by atoms with Crippen LogP contribution in [0.4, 0.5) is 10.1 Å². The van der Waals surface area contributed by atoms with Gasteiger partial charge in [0.05, 0.1) is 17.5 Å². The van der Waals surface area contributed by atoms with Crippen molar-refractivity contribution in [2.24, 2.45) is 5.92 Å². The highest BCUT2D eigenvalue weighted by molar-refractivity contribution is 5.91. The Morgan fingerprint density at radius 2 is 2.24 bits per heavy atom. The Kier molecular flexibility index (Phi) is 4.70. The summed E-state index contributed by atoms with van der Waals surface area (Å²) >= 11 is 0. The number of nitrogens with one attached hydrogen (secondary N) is 1. The molecule has 2 aliphatic heterocycles. The lowest BCUT2D eigenvalue weighted by molar-refractivity contribution is 0.241. The lowest BCUT2D eigenvalue weighted by Crippen LogP contribution is -2.47. The molecule has 0 aliphatic carbocycles. The van der Waals surface area contributed by atoms with Gasteiger partial charge in [0.15, 0.2) is 11.6 Å². The van der Waals surface area contributed by atoms with Gasteiger partial charge >= 0.3 is 5.69 Å². The molecule has 2 aliphatic rings. The summed E-state index contributed by atoms with van der Waals surface area (Å²) in [5.41, 5.74) is -0.862. The second-order valence-electron chi connectivity index (χ2n) is 7.65. The fraction of sp³-hybridized carbons (Fsp3) is 0.526. The molecule has 0 amide bonds. The van der Waals surface area contributed by atoms with Crippen LogP contribution < -0.4 is 32.0 Å². The van der Waals surface area contributed by atoms with E-state index in [1.54, 1.807) is 6.92 Å². The predicted octanol–water partition coefficient (Wildman–Crippen LogP) is 0.303. The van der Waals surface area contributed by atoms with Crippen LogP contribution in [0.25, 0.3) is 15.7 Å². The van der Waals surface area contributed by atoms with Gasteiger partial charge in [-0.1, -0.05) is 0 Å². The highest BCUT2D eigenvalue weighted by Gasteiger charge is 2.36. The van der Waals surface area contributed by atoms with Crippen molar-refractivity contribution in [2.75, 3.05) is 44.0 Å². The normalized spacial score (nSPS) is 21.8. The Morgan fingerprint density at radius 1 is 1.48 bits per heavy atom. The van der Waals surface area contributed by atoms with E-state index < -0.39 is 17.1 Å². The van der Waals surface area contributed by atoms with Gasteiger partial charge < -0.3 is 25.6 Å². The molecule has 9 nitrogen and oxygen atoms in total. The zero-order valence-corrected chi connectivity index (χ0v) is 16.3. The number of ether oxygens (including phenoxy) is 1. The number of nitrogens with two attached hydrogens (primary N) is 1. The number of likely N-dealkylation sites (N-methyl/N-ethyl adjacent to an activating group) is 1. The second-order valence-corrected chi connectivity index (χ2v) is 7.65. The first-order valence-corrected chi connectivity index (χ1v) is 9.56. The molecule has 1 aromatic carbocycles. The summed E-state index contributed by atoms with van der Waals surface area (Å²) in [6, 6.07) is 0.810. The molecule has 154 valence electrons. The molecule has 0 spiro atoms. The van der Waals surface area contributed by atoms with Crippen LogP contribution in [0, 0.1) is 18.3 Å². The molecule has 3 atom stereocenters. The van der Waals surface area contributed by atoms with Gasteiger partial charge in [-0.25, -0.2) is 15.8 Å². The Morgan fingerprint density at radius 3 is 2.93 bits per heavy atom. The zero-order chi connectivity index (χ0) is 20.9. The van der Waals surface area contributed by atoms with E-state index >= 15 is 4.39 Å². The van der Waals surface area contributed by atoms with Crippen molar-refractivity contribution in [1.29, 1.82) is 0 Å². The quantitative estimate of drug-likeness (QED) is 0.564. The molecule has 1 aromatic heterocycles. The fourth-order valence-corrected chi connectivity index (χ4v) is 4.45. The van der Waals surface area contributed by atoms with Crippen molar-refractivity contribution in [3.05, 3.63) is 44.1 Å². The summed E-state index contributed by atoms with van der Waals surface area (Å²) in [4.78, 5) is 30.5. The highest BCUT2D eigenvalue weighted by atomic mass is 19.1. The number of aromatic nitrogens is 2. The first kappa shape index (κ1) is 19.3. The Labute approximate surface area is 166 Å². The molecule has 0 radical (unpaired) electrons. The van der Waals surface area contributed by atoms with Crippen LogP contribution in [0.5, 0.6) is 5.75 Å². The third kappa shape index (κ3) is 2.84. The van der Waals surface area contributed by atoms with Crippen LogP contribution in [-0.4, -0.2) is 48.6 Å². The van der Waals surface area contributed by atoms with Crippen LogP contribution in [0.2, 0.25) is 0 Å². The molecular weight excluding hydrogens is 379 g/mol. The number of halogens is 1. The maximum Gasteiger partial charge on any atom is 0.350 e. The lowest BCUT2D eigenvalue weighted by Gasteiger charge is -2.30. The molecule has 0 bridgehead atoms. The number of anilines is 1. The number of benzene rings is 1. The largest absolute Gasteiger partial charge is 0.487 e. The van der Waals surface area contributed by atoms with Gasteiger partial charge in [0, 0.05) is 19.0 Å². The maximum absolute atomic E-state index is 15.2. The molecule has 3 N–H and O–H groups in total. The maximum atomic E-state index is 15.2. The smallest absolute Gasteiger partial charge is 0.350 e. The van der Waals surface area contributed by atoms with E-state index in [2.05, 4.69) is 10.2 Å². The average Bonchev–Trinajstić information content (AvgIpc) is 3.18. The molecule has 4 rings (SSSR count). The molecule has 29 heavy (non-hydrogen) atoms. The zero-order valence-electron chi connectivity index (χ0n) is 16.3. The number of hydrogen-bond acceptors (Lipinski definition) is 6. The molecule has 2 aromatic rings. The molecule has 2 unspecified atom stereocenters. The van der Waals surface area contributed by atoms with Crippen LogP contribution in [0.15, 0.2) is 15.7 Å². The predicted molar refractivity (Wildman–Crippen MR) is 107 cm³/mol. The monoisotopic (exact) mass is 402 g/mol. The lowest BCUT2D eigenvalue weighted by atomic mass is 9.99. The first-order chi connectivity index (χ1) is 13.9. The van der Waals surface area contributed by atoms with Crippen molar-refractivity contribution in [3.63, 3.8) is 0 Å². The van der Waals surface area contributed by atoms with E-state index in [0.29, 0.717) is 24.3 Å². The summed E-state index contributed by atoms with van der Waals surface area (Å²) in [5.74, 6) is 5.43. The summed E-state index contributed by atoms with van der Waals surface area (Å²) in [5, 5.41) is 3.19. The van der Waals surface area contributed by atoms with Crippen molar-refractivity contribution >= 4 is 16.6 Å². The minimum atomic E-state index is -0.753.